The number of halogens is 1. The molecule has 0 unspecified atom stereocenters. The SMILES string of the molecule is COc1ccc(N(CC(=O)N/N=C(/C)c2cccc(NC(C)=O)c2)S(=O)(=O)c2ccccc2)cc1Cl. The van der Waals surface area contributed by atoms with Crippen LogP contribution in [0, 0.1) is 0 Å². The molecule has 0 radical (unpaired) electrons. The molecule has 3 rings (SSSR count). The van der Waals surface area contributed by atoms with Gasteiger partial charge in [-0.25, -0.2) is 13.8 Å². The summed E-state index contributed by atoms with van der Waals surface area (Å²) in [5.41, 5.74) is 4.29. The van der Waals surface area contributed by atoms with Crippen molar-refractivity contribution in [3.8, 4) is 5.75 Å². The van der Waals surface area contributed by atoms with Crippen LogP contribution in [0.1, 0.15) is 19.4 Å². The Hall–Kier alpha value is -3.89. The van der Waals surface area contributed by atoms with Crippen molar-refractivity contribution >= 4 is 50.5 Å². The van der Waals surface area contributed by atoms with Gasteiger partial charge in [0, 0.05) is 12.6 Å². The second kappa shape index (κ2) is 11.7. The van der Waals surface area contributed by atoms with Crippen LogP contribution in [0.4, 0.5) is 11.4 Å². The molecule has 0 saturated carbocycles. The lowest BCUT2D eigenvalue weighted by atomic mass is 10.1. The van der Waals surface area contributed by atoms with Crippen molar-refractivity contribution in [3.05, 3.63) is 83.4 Å². The number of rotatable bonds is 9. The maximum absolute atomic E-state index is 13.4. The molecule has 0 aliphatic rings. The van der Waals surface area contributed by atoms with Crippen LogP contribution in [0.15, 0.2) is 82.8 Å². The first-order chi connectivity index (χ1) is 17.1. The fraction of sp³-hybridized carbons (Fsp3) is 0.160. The average molecular weight is 529 g/mol. The Bertz CT molecular complexity index is 1390. The Morgan fingerprint density at radius 2 is 1.72 bits per heavy atom. The number of sulfonamides is 1. The second-order valence-corrected chi connectivity index (χ2v) is 9.91. The highest BCUT2D eigenvalue weighted by molar-refractivity contribution is 7.92. The number of methoxy groups -OCH3 is 1. The molecule has 3 aromatic rings. The molecule has 0 bridgehead atoms. The number of hydrazone groups is 1. The molecule has 9 nitrogen and oxygen atoms in total. The zero-order valence-corrected chi connectivity index (χ0v) is 21.4. The van der Waals surface area contributed by atoms with Crippen LogP contribution in [0.25, 0.3) is 0 Å². The fourth-order valence-corrected chi connectivity index (χ4v) is 4.93. The van der Waals surface area contributed by atoms with Crippen molar-refractivity contribution in [1.29, 1.82) is 0 Å². The summed E-state index contributed by atoms with van der Waals surface area (Å²) in [6.07, 6.45) is 0. The normalized spacial score (nSPS) is 11.5. The zero-order valence-electron chi connectivity index (χ0n) is 19.9. The Morgan fingerprint density at radius 3 is 2.36 bits per heavy atom. The standard InChI is InChI=1S/C25H25ClN4O5S/c1-17(19-8-7-9-20(14-19)27-18(2)31)28-29-25(32)16-30(21-12-13-24(35-3)23(26)15-21)36(33,34)22-10-5-4-6-11-22/h4-15H,16H2,1-3H3,(H,27,31)(H,29,32)/b28-17-. The first kappa shape index (κ1) is 26.7. The van der Waals surface area contributed by atoms with Crippen LogP contribution in [-0.4, -0.2) is 39.6 Å². The third-order valence-electron chi connectivity index (χ3n) is 4.99. The Balaban J connectivity index is 1.87. The molecule has 0 saturated heterocycles. The number of hydrogen-bond acceptors (Lipinski definition) is 6. The van der Waals surface area contributed by atoms with Gasteiger partial charge in [-0.2, -0.15) is 5.10 Å². The van der Waals surface area contributed by atoms with E-state index in [0.717, 1.165) is 4.31 Å². The van der Waals surface area contributed by atoms with E-state index in [-0.39, 0.29) is 21.5 Å². The van der Waals surface area contributed by atoms with E-state index >= 15 is 0 Å². The molecular formula is C25H25ClN4O5S. The Kier molecular flexibility index (Phi) is 8.68. The summed E-state index contributed by atoms with van der Waals surface area (Å²) >= 11 is 6.23. The molecule has 36 heavy (non-hydrogen) atoms. The maximum atomic E-state index is 13.4. The Morgan fingerprint density at radius 1 is 1.00 bits per heavy atom. The largest absolute Gasteiger partial charge is 0.495 e. The highest BCUT2D eigenvalue weighted by atomic mass is 35.5. The van der Waals surface area contributed by atoms with Crippen molar-refractivity contribution in [2.75, 3.05) is 23.3 Å². The fourth-order valence-electron chi connectivity index (χ4n) is 3.25. The number of nitrogens with one attached hydrogen (secondary N) is 2. The number of amides is 2. The van der Waals surface area contributed by atoms with E-state index in [1.165, 1.54) is 44.4 Å². The summed E-state index contributed by atoms with van der Waals surface area (Å²) in [5, 5.41) is 6.97. The quantitative estimate of drug-likeness (QED) is 0.321. The number of anilines is 2. The van der Waals surface area contributed by atoms with E-state index in [2.05, 4.69) is 15.8 Å². The summed E-state index contributed by atoms with van der Waals surface area (Å²) in [6.45, 7) is 2.52. The summed E-state index contributed by atoms with van der Waals surface area (Å²) in [6, 6.07) is 19.1. The summed E-state index contributed by atoms with van der Waals surface area (Å²) in [7, 11) is -2.67. The molecule has 0 spiro atoms. The minimum absolute atomic E-state index is 0.0132. The van der Waals surface area contributed by atoms with Gasteiger partial charge in [0.15, 0.2) is 0 Å². The van der Waals surface area contributed by atoms with Crippen molar-refractivity contribution in [2.24, 2.45) is 5.10 Å². The molecule has 3 aromatic carbocycles. The molecular weight excluding hydrogens is 504 g/mol. The zero-order chi connectivity index (χ0) is 26.3. The highest BCUT2D eigenvalue weighted by Gasteiger charge is 2.27. The minimum atomic E-state index is -4.11. The molecule has 0 aromatic heterocycles. The third-order valence-corrected chi connectivity index (χ3v) is 7.07. The highest BCUT2D eigenvalue weighted by Crippen LogP contribution is 2.31. The van der Waals surface area contributed by atoms with Gasteiger partial charge in [-0.15, -0.1) is 0 Å². The van der Waals surface area contributed by atoms with Gasteiger partial charge in [0.1, 0.15) is 12.3 Å². The van der Waals surface area contributed by atoms with E-state index in [9.17, 15) is 18.0 Å². The smallest absolute Gasteiger partial charge is 0.264 e. The molecule has 188 valence electrons. The number of nitrogens with zero attached hydrogens (tertiary/aromatic N) is 2. The number of ether oxygens (including phenoxy) is 1. The van der Waals surface area contributed by atoms with E-state index < -0.39 is 22.5 Å². The van der Waals surface area contributed by atoms with E-state index in [0.29, 0.717) is 22.7 Å². The lowest BCUT2D eigenvalue weighted by Gasteiger charge is -2.24. The summed E-state index contributed by atoms with van der Waals surface area (Å²) < 4.78 is 32.9. The minimum Gasteiger partial charge on any atom is -0.495 e. The van der Waals surface area contributed by atoms with Crippen LogP contribution in [-0.2, 0) is 19.6 Å². The number of carbonyl (C=O) groups excluding carboxylic acids is 2. The molecule has 0 atom stereocenters. The van der Waals surface area contributed by atoms with Crippen molar-refractivity contribution in [2.45, 2.75) is 18.7 Å². The monoisotopic (exact) mass is 528 g/mol. The van der Waals surface area contributed by atoms with Crippen molar-refractivity contribution in [1.82, 2.24) is 5.43 Å². The molecule has 0 heterocycles. The average Bonchev–Trinajstić information content (AvgIpc) is 2.86. The second-order valence-electron chi connectivity index (χ2n) is 7.64. The van der Waals surface area contributed by atoms with Gasteiger partial charge in [-0.1, -0.05) is 41.9 Å². The Labute approximate surface area is 214 Å². The first-order valence-electron chi connectivity index (χ1n) is 10.7. The van der Waals surface area contributed by atoms with Gasteiger partial charge >= 0.3 is 0 Å². The van der Waals surface area contributed by atoms with E-state index in [4.69, 9.17) is 16.3 Å². The molecule has 2 amide bonds. The van der Waals surface area contributed by atoms with Gasteiger partial charge in [-0.3, -0.25) is 13.9 Å². The van der Waals surface area contributed by atoms with E-state index in [1.807, 2.05) is 0 Å². The van der Waals surface area contributed by atoms with Crippen LogP contribution < -0.4 is 19.8 Å². The lowest BCUT2D eigenvalue weighted by molar-refractivity contribution is -0.119. The van der Waals surface area contributed by atoms with Crippen LogP contribution in [0.3, 0.4) is 0 Å². The topological polar surface area (TPSA) is 117 Å². The van der Waals surface area contributed by atoms with Crippen LogP contribution >= 0.6 is 11.6 Å². The van der Waals surface area contributed by atoms with Crippen molar-refractivity contribution in [3.63, 3.8) is 0 Å². The molecule has 0 fully saturated rings. The predicted octanol–water partition coefficient (Wildman–Crippen LogP) is 4.04. The first-order valence-corrected chi connectivity index (χ1v) is 12.6. The van der Waals surface area contributed by atoms with Gasteiger partial charge in [0.2, 0.25) is 5.91 Å². The summed E-state index contributed by atoms with van der Waals surface area (Å²) in [4.78, 5) is 24.1. The van der Waals surface area contributed by atoms with Crippen molar-refractivity contribution < 1.29 is 22.7 Å². The van der Waals surface area contributed by atoms with Crippen LogP contribution in [0.2, 0.25) is 5.02 Å². The number of carbonyl (C=O) groups is 2. The predicted molar refractivity (Wildman–Crippen MR) is 140 cm³/mol. The lowest BCUT2D eigenvalue weighted by Crippen LogP contribution is -2.39. The number of hydrogen-bond donors (Lipinski definition) is 2. The molecule has 0 aliphatic carbocycles. The summed E-state index contributed by atoms with van der Waals surface area (Å²) in [5.74, 6) is -0.518. The van der Waals surface area contributed by atoms with Gasteiger partial charge < -0.3 is 10.1 Å². The van der Waals surface area contributed by atoms with Gasteiger partial charge in [0.05, 0.1) is 28.4 Å². The maximum Gasteiger partial charge on any atom is 0.264 e. The number of benzene rings is 3. The molecule has 0 aliphatic heterocycles. The third kappa shape index (κ3) is 6.61. The van der Waals surface area contributed by atoms with Gasteiger partial charge in [-0.05, 0) is 55.0 Å². The van der Waals surface area contributed by atoms with Gasteiger partial charge in [0.25, 0.3) is 15.9 Å². The van der Waals surface area contributed by atoms with E-state index in [1.54, 1.807) is 49.4 Å². The van der Waals surface area contributed by atoms with Crippen LogP contribution in [0.5, 0.6) is 5.75 Å². The molecule has 11 heteroatoms. The molecule has 2 N–H and O–H groups in total.